The van der Waals surface area contributed by atoms with Gasteiger partial charge in [0.05, 0.1) is 6.42 Å². The molecule has 2 rings (SSSR count). The molecular formula is C21H27N5O2. The fourth-order valence-electron chi connectivity index (χ4n) is 2.32. The van der Waals surface area contributed by atoms with Gasteiger partial charge in [0.15, 0.2) is 5.82 Å². The van der Waals surface area contributed by atoms with Gasteiger partial charge in [-0.2, -0.15) is 0 Å². The van der Waals surface area contributed by atoms with Crippen LogP contribution in [0.1, 0.15) is 49.4 Å². The van der Waals surface area contributed by atoms with Crippen LogP contribution in [0.15, 0.2) is 37.0 Å². The van der Waals surface area contributed by atoms with E-state index in [2.05, 4.69) is 48.0 Å². The van der Waals surface area contributed by atoms with E-state index in [0.29, 0.717) is 35.9 Å². The summed E-state index contributed by atoms with van der Waals surface area (Å²) in [5.74, 6) is 0.104. The van der Waals surface area contributed by atoms with Gasteiger partial charge in [-0.25, -0.2) is 9.97 Å². The highest BCUT2D eigenvalue weighted by Crippen LogP contribution is 2.20. The summed E-state index contributed by atoms with van der Waals surface area (Å²) in [6.45, 7) is 12.4. The molecule has 28 heavy (non-hydrogen) atoms. The van der Waals surface area contributed by atoms with Crippen molar-refractivity contribution in [1.82, 2.24) is 15.3 Å². The van der Waals surface area contributed by atoms with Crippen molar-refractivity contribution in [3.63, 3.8) is 0 Å². The molecule has 0 fully saturated rings. The van der Waals surface area contributed by atoms with Gasteiger partial charge in [0, 0.05) is 18.4 Å². The van der Waals surface area contributed by atoms with Crippen molar-refractivity contribution in [2.24, 2.45) is 11.1 Å². The minimum Gasteiger partial charge on any atom is -0.365 e. The molecule has 7 heteroatoms. The molecule has 1 heterocycles. The van der Waals surface area contributed by atoms with E-state index in [1.54, 1.807) is 6.92 Å². The molecule has 4 N–H and O–H groups in total. The van der Waals surface area contributed by atoms with Gasteiger partial charge < -0.3 is 16.4 Å². The summed E-state index contributed by atoms with van der Waals surface area (Å²) >= 11 is 0. The van der Waals surface area contributed by atoms with E-state index in [0.717, 1.165) is 5.56 Å². The molecule has 0 atom stereocenters. The number of primary amides is 1. The molecule has 0 saturated heterocycles. The van der Waals surface area contributed by atoms with Crippen molar-refractivity contribution in [3.05, 3.63) is 54.0 Å². The second-order valence-electron chi connectivity index (χ2n) is 7.94. The fraction of sp³-hybridized carbons (Fsp3) is 0.333. The fourth-order valence-corrected chi connectivity index (χ4v) is 2.32. The Morgan fingerprint density at radius 1 is 1.18 bits per heavy atom. The number of carbonyl (C=O) groups is 2. The number of nitrogens with two attached hydrogens (primary N) is 1. The molecule has 2 amide bonds. The van der Waals surface area contributed by atoms with Crippen molar-refractivity contribution in [1.29, 1.82) is 0 Å². The summed E-state index contributed by atoms with van der Waals surface area (Å²) in [4.78, 5) is 32.1. The monoisotopic (exact) mass is 381 g/mol. The highest BCUT2D eigenvalue weighted by molar-refractivity contribution is 5.98. The summed E-state index contributed by atoms with van der Waals surface area (Å²) < 4.78 is 0. The molecule has 0 bridgehead atoms. The third kappa shape index (κ3) is 6.19. The molecule has 0 spiro atoms. The number of hydrogen-bond donors (Lipinski definition) is 3. The zero-order chi connectivity index (χ0) is 20.9. The smallest absolute Gasteiger partial charge is 0.254 e. The average molecular weight is 381 g/mol. The van der Waals surface area contributed by atoms with E-state index < -0.39 is 5.91 Å². The second kappa shape index (κ2) is 8.65. The topological polar surface area (TPSA) is 110 Å². The number of amides is 2. The summed E-state index contributed by atoms with van der Waals surface area (Å²) in [5, 5.41) is 6.01. The van der Waals surface area contributed by atoms with Crippen molar-refractivity contribution >= 4 is 28.9 Å². The Kier molecular flexibility index (Phi) is 6.51. The Morgan fingerprint density at radius 3 is 2.36 bits per heavy atom. The van der Waals surface area contributed by atoms with E-state index in [1.165, 1.54) is 6.20 Å². The third-order valence-corrected chi connectivity index (χ3v) is 3.83. The van der Waals surface area contributed by atoms with Gasteiger partial charge >= 0.3 is 0 Å². The number of rotatable bonds is 7. The summed E-state index contributed by atoms with van der Waals surface area (Å²) in [7, 11) is 0. The lowest BCUT2D eigenvalue weighted by Gasteiger charge is -2.18. The lowest BCUT2D eigenvalue weighted by atomic mass is 9.97. The standard InChI is InChI=1S/C21H27N5O2/c1-13(2)19-23-11-16(18(22)28)20(26-19)25-15-8-6-14(7-9-15)10-17(27)24-12-21(3,4)5/h6-9,11H,1,10,12H2,2-5H3,(H2,22,28)(H,24,27)(H,23,25,26). The largest absolute Gasteiger partial charge is 0.365 e. The molecule has 0 unspecified atom stereocenters. The van der Waals surface area contributed by atoms with Crippen LogP contribution in [-0.2, 0) is 11.2 Å². The van der Waals surface area contributed by atoms with Crippen molar-refractivity contribution in [2.45, 2.75) is 34.1 Å². The van der Waals surface area contributed by atoms with Crippen LogP contribution in [0.5, 0.6) is 0 Å². The molecule has 0 aliphatic rings. The Morgan fingerprint density at radius 2 is 1.82 bits per heavy atom. The second-order valence-corrected chi connectivity index (χ2v) is 7.94. The van der Waals surface area contributed by atoms with Crippen LogP contribution >= 0.6 is 0 Å². The van der Waals surface area contributed by atoms with Crippen LogP contribution < -0.4 is 16.4 Å². The van der Waals surface area contributed by atoms with E-state index in [9.17, 15) is 9.59 Å². The molecule has 0 aliphatic heterocycles. The quantitative estimate of drug-likeness (QED) is 0.683. The average Bonchev–Trinajstić information content (AvgIpc) is 2.61. The molecule has 2 aromatic rings. The third-order valence-electron chi connectivity index (χ3n) is 3.83. The van der Waals surface area contributed by atoms with Crippen molar-refractivity contribution in [3.8, 4) is 0 Å². The molecule has 0 saturated carbocycles. The lowest BCUT2D eigenvalue weighted by molar-refractivity contribution is -0.120. The number of anilines is 2. The Bertz CT molecular complexity index is 883. The van der Waals surface area contributed by atoms with Crippen LogP contribution in [0.2, 0.25) is 0 Å². The van der Waals surface area contributed by atoms with Gasteiger partial charge in [-0.3, -0.25) is 9.59 Å². The Labute approximate surface area is 165 Å². The van der Waals surface area contributed by atoms with Gasteiger partial charge in [-0.1, -0.05) is 39.5 Å². The molecule has 0 radical (unpaired) electrons. The first-order valence-electron chi connectivity index (χ1n) is 9.00. The van der Waals surface area contributed by atoms with Gasteiger partial charge in [-0.15, -0.1) is 0 Å². The van der Waals surface area contributed by atoms with Crippen molar-refractivity contribution in [2.75, 3.05) is 11.9 Å². The van der Waals surface area contributed by atoms with Gasteiger partial charge in [-0.05, 0) is 35.6 Å². The molecule has 148 valence electrons. The maximum absolute atomic E-state index is 12.1. The van der Waals surface area contributed by atoms with Crippen LogP contribution in [-0.4, -0.2) is 28.3 Å². The van der Waals surface area contributed by atoms with E-state index in [1.807, 2.05) is 24.3 Å². The van der Waals surface area contributed by atoms with Crippen LogP contribution in [0.4, 0.5) is 11.5 Å². The normalized spacial score (nSPS) is 11.0. The zero-order valence-corrected chi connectivity index (χ0v) is 16.8. The van der Waals surface area contributed by atoms with Crippen LogP contribution in [0.3, 0.4) is 0 Å². The van der Waals surface area contributed by atoms with E-state index >= 15 is 0 Å². The number of hydrogen-bond acceptors (Lipinski definition) is 5. The first-order chi connectivity index (χ1) is 13.0. The highest BCUT2D eigenvalue weighted by atomic mass is 16.1. The lowest BCUT2D eigenvalue weighted by Crippen LogP contribution is -2.33. The predicted molar refractivity (Wildman–Crippen MR) is 111 cm³/mol. The maximum atomic E-state index is 12.1. The molecule has 7 nitrogen and oxygen atoms in total. The highest BCUT2D eigenvalue weighted by Gasteiger charge is 2.14. The molecular weight excluding hydrogens is 354 g/mol. The number of nitrogens with one attached hydrogen (secondary N) is 2. The van der Waals surface area contributed by atoms with E-state index in [-0.39, 0.29) is 16.9 Å². The molecule has 0 aliphatic carbocycles. The number of nitrogens with zero attached hydrogens (tertiary/aromatic N) is 2. The zero-order valence-electron chi connectivity index (χ0n) is 16.8. The van der Waals surface area contributed by atoms with E-state index in [4.69, 9.17) is 5.73 Å². The number of carbonyl (C=O) groups excluding carboxylic acids is 2. The van der Waals surface area contributed by atoms with Gasteiger partial charge in [0.2, 0.25) is 5.91 Å². The first-order valence-corrected chi connectivity index (χ1v) is 9.00. The van der Waals surface area contributed by atoms with Gasteiger partial charge in [0.25, 0.3) is 5.91 Å². The number of allylic oxidation sites excluding steroid dienone is 1. The molecule has 1 aromatic carbocycles. The number of aromatic nitrogens is 2. The predicted octanol–water partition coefficient (Wildman–Crippen LogP) is 3.06. The maximum Gasteiger partial charge on any atom is 0.254 e. The minimum absolute atomic E-state index is 0.0199. The van der Waals surface area contributed by atoms with Gasteiger partial charge in [0.1, 0.15) is 11.4 Å². The van der Waals surface area contributed by atoms with Crippen LogP contribution in [0, 0.1) is 5.41 Å². The number of benzene rings is 1. The van der Waals surface area contributed by atoms with Crippen molar-refractivity contribution < 1.29 is 9.59 Å². The SMILES string of the molecule is C=C(C)c1ncc(C(N)=O)c(Nc2ccc(CC(=O)NCC(C)(C)C)cc2)n1. The minimum atomic E-state index is -0.622. The summed E-state index contributed by atoms with van der Waals surface area (Å²) in [6, 6.07) is 7.34. The van der Waals surface area contributed by atoms with Crippen LogP contribution in [0.25, 0.3) is 5.57 Å². The Balaban J connectivity index is 2.10. The first kappa shape index (κ1) is 21.1. The summed E-state index contributed by atoms with van der Waals surface area (Å²) in [6.07, 6.45) is 1.69. The Hall–Kier alpha value is -3.22. The summed E-state index contributed by atoms with van der Waals surface area (Å²) in [5.41, 5.74) is 7.92. The molecule has 1 aromatic heterocycles.